The van der Waals surface area contributed by atoms with Crippen molar-refractivity contribution in [2.24, 2.45) is 4.99 Å². The number of nitrogens with zero attached hydrogens (tertiary/aromatic N) is 2. The van der Waals surface area contributed by atoms with Crippen LogP contribution in [-0.2, 0) is 0 Å². The van der Waals surface area contributed by atoms with Gasteiger partial charge in [0.1, 0.15) is 0 Å². The fraction of sp³-hybridized carbons (Fsp3) is 0.357. The molecule has 0 heterocycles. The number of allylic oxidation sites excluding steroid dienone is 4. The van der Waals surface area contributed by atoms with Gasteiger partial charge in [0.25, 0.3) is 0 Å². The van der Waals surface area contributed by atoms with Crippen molar-refractivity contribution < 1.29 is 0 Å². The summed E-state index contributed by atoms with van der Waals surface area (Å²) in [6.07, 6.45) is 12.8. The van der Waals surface area contributed by atoms with E-state index in [1.807, 2.05) is 52.4 Å². The zero-order valence-electron chi connectivity index (χ0n) is 11.5. The standard InChI is InChI=1S/C14H22ClN3/c1-5-7-13(11-18(3)4)10-17-12-16-9-8-14(15)6-2/h5-10,12H,11H2,1-4H3,(H,16,17)/b7-5?,9-8+,13-10+,14-6?. The van der Waals surface area contributed by atoms with E-state index in [1.54, 1.807) is 18.6 Å². The lowest BCUT2D eigenvalue weighted by molar-refractivity contribution is 0.448. The summed E-state index contributed by atoms with van der Waals surface area (Å²) in [5.41, 5.74) is 1.15. The highest BCUT2D eigenvalue weighted by molar-refractivity contribution is 6.31. The van der Waals surface area contributed by atoms with Gasteiger partial charge >= 0.3 is 0 Å². The quantitative estimate of drug-likeness (QED) is 0.435. The lowest BCUT2D eigenvalue weighted by atomic mass is 10.2. The Hall–Kier alpha value is -1.32. The third-order valence-corrected chi connectivity index (χ3v) is 2.23. The van der Waals surface area contributed by atoms with Crippen LogP contribution in [0.25, 0.3) is 0 Å². The van der Waals surface area contributed by atoms with Crippen molar-refractivity contribution in [2.45, 2.75) is 13.8 Å². The molecule has 0 unspecified atom stereocenters. The number of aliphatic imine (C=N–C) groups is 1. The summed E-state index contributed by atoms with van der Waals surface area (Å²) >= 11 is 5.79. The molecule has 0 radical (unpaired) electrons. The number of hydrogen-bond donors (Lipinski definition) is 1. The summed E-state index contributed by atoms with van der Waals surface area (Å²) in [5, 5.41) is 3.61. The summed E-state index contributed by atoms with van der Waals surface area (Å²) in [4.78, 5) is 6.27. The molecule has 4 heteroatoms. The molecule has 0 bridgehead atoms. The minimum absolute atomic E-state index is 0.689. The summed E-state index contributed by atoms with van der Waals surface area (Å²) < 4.78 is 0. The first-order chi connectivity index (χ1) is 8.60. The molecule has 0 saturated heterocycles. The SMILES string of the molecule is CC=C/C(=C\N=CN/C=C/C(Cl)=CC)CN(C)C. The van der Waals surface area contributed by atoms with Crippen LogP contribution in [0.5, 0.6) is 0 Å². The van der Waals surface area contributed by atoms with Gasteiger partial charge in [-0.1, -0.05) is 29.8 Å². The molecule has 0 aliphatic carbocycles. The maximum atomic E-state index is 5.79. The Labute approximate surface area is 115 Å². The first kappa shape index (κ1) is 16.7. The number of halogens is 1. The first-order valence-electron chi connectivity index (χ1n) is 5.82. The van der Waals surface area contributed by atoms with Crippen LogP contribution >= 0.6 is 11.6 Å². The highest BCUT2D eigenvalue weighted by Gasteiger charge is 1.93. The van der Waals surface area contributed by atoms with Crippen molar-refractivity contribution in [2.75, 3.05) is 20.6 Å². The van der Waals surface area contributed by atoms with Gasteiger partial charge in [-0.25, -0.2) is 4.99 Å². The molecule has 0 atom stereocenters. The van der Waals surface area contributed by atoms with E-state index < -0.39 is 0 Å². The van der Waals surface area contributed by atoms with E-state index >= 15 is 0 Å². The van der Waals surface area contributed by atoms with Gasteiger partial charge in [-0.3, -0.25) is 0 Å². The Kier molecular flexibility index (Phi) is 10.0. The number of nitrogens with one attached hydrogen (secondary N) is 1. The predicted molar refractivity (Wildman–Crippen MR) is 81.8 cm³/mol. The van der Waals surface area contributed by atoms with E-state index in [0.29, 0.717) is 5.03 Å². The summed E-state index contributed by atoms with van der Waals surface area (Å²) in [6.45, 7) is 4.74. The maximum Gasteiger partial charge on any atom is 0.0918 e. The Morgan fingerprint density at radius 2 is 2.00 bits per heavy atom. The molecule has 3 nitrogen and oxygen atoms in total. The number of likely N-dealkylation sites (N-methyl/N-ethyl adjacent to an activating group) is 1. The van der Waals surface area contributed by atoms with Crippen molar-refractivity contribution in [3.05, 3.63) is 47.3 Å². The molecule has 18 heavy (non-hydrogen) atoms. The van der Waals surface area contributed by atoms with Gasteiger partial charge in [-0.2, -0.15) is 0 Å². The average Bonchev–Trinajstić information content (AvgIpc) is 2.32. The van der Waals surface area contributed by atoms with Crippen LogP contribution in [0.4, 0.5) is 0 Å². The Morgan fingerprint density at radius 1 is 1.28 bits per heavy atom. The van der Waals surface area contributed by atoms with Gasteiger partial charge in [-0.15, -0.1) is 0 Å². The van der Waals surface area contributed by atoms with Crippen LogP contribution in [0.15, 0.2) is 52.3 Å². The van der Waals surface area contributed by atoms with Gasteiger partial charge in [0.2, 0.25) is 0 Å². The minimum atomic E-state index is 0.689. The molecule has 0 aromatic carbocycles. The maximum absolute atomic E-state index is 5.79. The molecular formula is C14H22ClN3. The zero-order chi connectivity index (χ0) is 13.8. The Morgan fingerprint density at radius 3 is 2.56 bits per heavy atom. The third-order valence-electron chi connectivity index (χ3n) is 1.88. The first-order valence-corrected chi connectivity index (χ1v) is 6.20. The lowest BCUT2D eigenvalue weighted by Gasteiger charge is -2.08. The van der Waals surface area contributed by atoms with Crippen LogP contribution in [0.3, 0.4) is 0 Å². The largest absolute Gasteiger partial charge is 0.353 e. The van der Waals surface area contributed by atoms with Gasteiger partial charge in [0, 0.05) is 24.0 Å². The second-order valence-corrected chi connectivity index (χ2v) is 4.33. The minimum Gasteiger partial charge on any atom is -0.353 e. The van der Waals surface area contributed by atoms with E-state index in [2.05, 4.69) is 15.2 Å². The van der Waals surface area contributed by atoms with Crippen LogP contribution < -0.4 is 5.32 Å². The molecular weight excluding hydrogens is 246 g/mol. The Bertz CT molecular complexity index is 363. The van der Waals surface area contributed by atoms with Gasteiger partial charge in [0.05, 0.1) is 6.34 Å². The van der Waals surface area contributed by atoms with Crippen LogP contribution in [-0.4, -0.2) is 31.9 Å². The summed E-state index contributed by atoms with van der Waals surface area (Å²) in [6, 6.07) is 0. The highest BCUT2D eigenvalue weighted by atomic mass is 35.5. The van der Waals surface area contributed by atoms with Gasteiger partial charge < -0.3 is 10.2 Å². The molecule has 0 rings (SSSR count). The van der Waals surface area contributed by atoms with E-state index in [0.717, 1.165) is 12.1 Å². The normalized spacial score (nSPS) is 14.6. The van der Waals surface area contributed by atoms with Crippen molar-refractivity contribution >= 4 is 17.9 Å². The fourth-order valence-corrected chi connectivity index (χ4v) is 1.22. The molecule has 100 valence electrons. The van der Waals surface area contributed by atoms with Gasteiger partial charge in [0.15, 0.2) is 0 Å². The van der Waals surface area contributed by atoms with Crippen LogP contribution in [0, 0.1) is 0 Å². The predicted octanol–water partition coefficient (Wildman–Crippen LogP) is 3.28. The third kappa shape index (κ3) is 9.87. The smallest absolute Gasteiger partial charge is 0.0918 e. The Balaban J connectivity index is 4.27. The molecule has 0 amide bonds. The molecule has 0 aliphatic heterocycles. The van der Waals surface area contributed by atoms with Crippen molar-refractivity contribution in [1.82, 2.24) is 10.2 Å². The van der Waals surface area contributed by atoms with E-state index in [-0.39, 0.29) is 0 Å². The molecule has 1 N–H and O–H groups in total. The van der Waals surface area contributed by atoms with Gasteiger partial charge in [-0.05, 0) is 39.6 Å². The molecule has 0 aliphatic rings. The molecule has 0 spiro atoms. The average molecular weight is 268 g/mol. The zero-order valence-corrected chi connectivity index (χ0v) is 12.3. The second kappa shape index (κ2) is 10.8. The van der Waals surface area contributed by atoms with Crippen molar-refractivity contribution in [1.29, 1.82) is 0 Å². The van der Waals surface area contributed by atoms with Crippen molar-refractivity contribution in [3.63, 3.8) is 0 Å². The lowest BCUT2D eigenvalue weighted by Crippen LogP contribution is -2.14. The van der Waals surface area contributed by atoms with E-state index in [4.69, 9.17) is 11.6 Å². The van der Waals surface area contributed by atoms with Crippen molar-refractivity contribution in [3.8, 4) is 0 Å². The number of hydrogen-bond acceptors (Lipinski definition) is 2. The molecule has 0 fully saturated rings. The summed E-state index contributed by atoms with van der Waals surface area (Å²) in [7, 11) is 4.06. The molecule has 0 saturated carbocycles. The topological polar surface area (TPSA) is 27.6 Å². The summed E-state index contributed by atoms with van der Waals surface area (Å²) in [5.74, 6) is 0. The van der Waals surface area contributed by atoms with Crippen LogP contribution in [0.2, 0.25) is 0 Å². The second-order valence-electron chi connectivity index (χ2n) is 3.89. The van der Waals surface area contributed by atoms with Crippen LogP contribution in [0.1, 0.15) is 13.8 Å². The highest BCUT2D eigenvalue weighted by Crippen LogP contribution is 2.00. The molecule has 0 aromatic rings. The fourth-order valence-electron chi connectivity index (χ4n) is 1.16. The van der Waals surface area contributed by atoms with E-state index in [1.165, 1.54) is 0 Å². The monoisotopic (exact) mass is 267 g/mol. The van der Waals surface area contributed by atoms with E-state index in [9.17, 15) is 0 Å². The number of rotatable bonds is 7. The molecule has 0 aromatic heterocycles.